The Morgan fingerprint density at radius 2 is 2.00 bits per heavy atom. The van der Waals surface area contributed by atoms with Gasteiger partial charge in [0.25, 0.3) is 0 Å². The van der Waals surface area contributed by atoms with Crippen LogP contribution in [0.4, 0.5) is 4.79 Å². The van der Waals surface area contributed by atoms with Crippen molar-refractivity contribution in [2.24, 2.45) is 5.92 Å². The van der Waals surface area contributed by atoms with Crippen LogP contribution in [-0.4, -0.2) is 73.5 Å². The van der Waals surface area contributed by atoms with E-state index in [2.05, 4.69) is 52.4 Å². The highest BCUT2D eigenvalue weighted by Gasteiger charge is 2.51. The molecule has 3 heterocycles. The van der Waals surface area contributed by atoms with E-state index < -0.39 is 0 Å². The monoisotopic (exact) mass is 387 g/mol. The molecule has 1 unspecified atom stereocenters. The van der Waals surface area contributed by atoms with Crippen LogP contribution in [-0.2, 0) is 16.0 Å². The standard InChI is InChI=1S/C22H33N3O3/c1-16-21-18(15-27-2)12-20(25(21)13-17-6-4-3-5-7-17)14-24(16)22(26)23-19-8-10-28-11-9-19/h3-7,16,18-21H,8-15H2,1-2H3,(H,23,26)/t16?,18-,20-,21-/m1/s1. The summed E-state index contributed by atoms with van der Waals surface area (Å²) in [5.41, 5.74) is 1.34. The van der Waals surface area contributed by atoms with Crippen molar-refractivity contribution in [1.82, 2.24) is 15.1 Å². The minimum atomic E-state index is 0.0897. The largest absolute Gasteiger partial charge is 0.384 e. The van der Waals surface area contributed by atoms with Gasteiger partial charge in [0, 0.05) is 63.5 Å². The first-order valence-corrected chi connectivity index (χ1v) is 10.6. The van der Waals surface area contributed by atoms with Crippen molar-refractivity contribution in [2.75, 3.05) is 33.5 Å². The van der Waals surface area contributed by atoms with Gasteiger partial charge in [-0.05, 0) is 31.7 Å². The molecule has 3 fully saturated rings. The second-order valence-corrected chi connectivity index (χ2v) is 8.48. The molecule has 0 spiro atoms. The Morgan fingerprint density at radius 3 is 2.71 bits per heavy atom. The van der Waals surface area contributed by atoms with Gasteiger partial charge in [0.05, 0.1) is 6.61 Å². The van der Waals surface area contributed by atoms with Gasteiger partial charge < -0.3 is 19.7 Å². The van der Waals surface area contributed by atoms with Crippen LogP contribution in [0.15, 0.2) is 30.3 Å². The molecule has 3 saturated heterocycles. The van der Waals surface area contributed by atoms with Gasteiger partial charge in [-0.25, -0.2) is 4.79 Å². The van der Waals surface area contributed by atoms with Gasteiger partial charge in [0.1, 0.15) is 0 Å². The minimum absolute atomic E-state index is 0.0897. The smallest absolute Gasteiger partial charge is 0.317 e. The zero-order valence-electron chi connectivity index (χ0n) is 17.0. The van der Waals surface area contributed by atoms with Crippen molar-refractivity contribution in [1.29, 1.82) is 0 Å². The molecule has 6 heteroatoms. The van der Waals surface area contributed by atoms with Crippen LogP contribution in [0.25, 0.3) is 0 Å². The summed E-state index contributed by atoms with van der Waals surface area (Å²) >= 11 is 0. The van der Waals surface area contributed by atoms with Crippen molar-refractivity contribution in [3.05, 3.63) is 35.9 Å². The summed E-state index contributed by atoms with van der Waals surface area (Å²) in [4.78, 5) is 17.7. The summed E-state index contributed by atoms with van der Waals surface area (Å²) < 4.78 is 11.0. The highest BCUT2D eigenvalue weighted by Crippen LogP contribution is 2.39. The van der Waals surface area contributed by atoms with Gasteiger partial charge in [-0.1, -0.05) is 30.3 Å². The lowest BCUT2D eigenvalue weighted by Gasteiger charge is -2.47. The molecule has 1 aromatic rings. The molecule has 0 aromatic heterocycles. The second-order valence-electron chi connectivity index (χ2n) is 8.48. The number of hydrogen-bond acceptors (Lipinski definition) is 4. The Kier molecular flexibility index (Phi) is 6.19. The van der Waals surface area contributed by atoms with Crippen LogP contribution < -0.4 is 5.32 Å². The number of fused-ring (bicyclic) bond motifs is 2. The van der Waals surface area contributed by atoms with E-state index >= 15 is 0 Å². The Labute approximate surface area is 168 Å². The molecule has 0 saturated carbocycles. The third-order valence-corrected chi connectivity index (χ3v) is 6.70. The summed E-state index contributed by atoms with van der Waals surface area (Å²) in [5, 5.41) is 3.26. The molecule has 3 aliphatic heterocycles. The lowest BCUT2D eigenvalue weighted by Crippen LogP contribution is -2.63. The van der Waals surface area contributed by atoms with Crippen LogP contribution >= 0.6 is 0 Å². The number of nitrogens with one attached hydrogen (secondary N) is 1. The number of benzene rings is 1. The van der Waals surface area contributed by atoms with E-state index in [-0.39, 0.29) is 18.1 Å². The molecule has 3 aliphatic rings. The van der Waals surface area contributed by atoms with Crippen LogP contribution in [0.1, 0.15) is 31.7 Å². The molecule has 154 valence electrons. The number of carbonyl (C=O) groups is 1. The van der Waals surface area contributed by atoms with Crippen LogP contribution in [0.5, 0.6) is 0 Å². The fourth-order valence-corrected chi connectivity index (χ4v) is 5.34. The van der Waals surface area contributed by atoms with Gasteiger partial charge in [-0.2, -0.15) is 0 Å². The Balaban J connectivity index is 1.47. The lowest BCUT2D eigenvalue weighted by molar-refractivity contribution is 0.0172. The van der Waals surface area contributed by atoms with Gasteiger partial charge in [0.15, 0.2) is 0 Å². The first-order chi connectivity index (χ1) is 13.7. The van der Waals surface area contributed by atoms with Crippen LogP contribution in [0.2, 0.25) is 0 Å². The Hall–Kier alpha value is -1.63. The van der Waals surface area contributed by atoms with E-state index in [4.69, 9.17) is 9.47 Å². The molecule has 0 aliphatic carbocycles. The number of piperazine rings is 1. The maximum absolute atomic E-state index is 13.0. The summed E-state index contributed by atoms with van der Waals surface area (Å²) in [6, 6.07) is 11.9. The molecule has 1 N–H and O–H groups in total. The molecule has 4 rings (SSSR count). The van der Waals surface area contributed by atoms with E-state index in [1.165, 1.54) is 5.56 Å². The Morgan fingerprint density at radius 1 is 1.25 bits per heavy atom. The number of likely N-dealkylation sites (tertiary alicyclic amines) is 1. The number of ether oxygens (including phenoxy) is 2. The van der Waals surface area contributed by atoms with Gasteiger partial charge in [-0.3, -0.25) is 4.90 Å². The van der Waals surface area contributed by atoms with E-state index in [0.717, 1.165) is 52.2 Å². The minimum Gasteiger partial charge on any atom is -0.384 e. The highest BCUT2D eigenvalue weighted by molar-refractivity contribution is 5.75. The molecule has 1 aromatic carbocycles. The molecular weight excluding hydrogens is 354 g/mol. The molecule has 2 bridgehead atoms. The van der Waals surface area contributed by atoms with Crippen molar-refractivity contribution in [3.8, 4) is 0 Å². The van der Waals surface area contributed by atoms with Gasteiger partial charge in [-0.15, -0.1) is 0 Å². The van der Waals surface area contributed by atoms with Gasteiger partial charge in [0.2, 0.25) is 0 Å². The summed E-state index contributed by atoms with van der Waals surface area (Å²) in [6.07, 6.45) is 2.91. The van der Waals surface area contributed by atoms with Crippen LogP contribution in [0, 0.1) is 5.92 Å². The number of carbonyl (C=O) groups excluding carboxylic acids is 1. The number of nitrogens with zero attached hydrogens (tertiary/aromatic N) is 2. The Bertz CT molecular complexity index is 650. The van der Waals surface area contributed by atoms with E-state index in [1.807, 2.05) is 0 Å². The molecule has 4 atom stereocenters. The average Bonchev–Trinajstić information content (AvgIpc) is 2.96. The maximum Gasteiger partial charge on any atom is 0.317 e. The summed E-state index contributed by atoms with van der Waals surface area (Å²) in [5.74, 6) is 0.467. The summed E-state index contributed by atoms with van der Waals surface area (Å²) in [7, 11) is 1.78. The van der Waals surface area contributed by atoms with Crippen molar-refractivity contribution in [2.45, 2.75) is 56.9 Å². The molecule has 2 amide bonds. The number of rotatable bonds is 5. The quantitative estimate of drug-likeness (QED) is 0.843. The first-order valence-electron chi connectivity index (χ1n) is 10.6. The third kappa shape index (κ3) is 4.04. The normalized spacial score (nSPS) is 31.1. The predicted octanol–water partition coefficient (Wildman–Crippen LogP) is 2.48. The fraction of sp³-hybridized carbons (Fsp3) is 0.682. The van der Waals surface area contributed by atoms with E-state index in [9.17, 15) is 4.79 Å². The number of urea groups is 1. The van der Waals surface area contributed by atoms with Gasteiger partial charge >= 0.3 is 6.03 Å². The topological polar surface area (TPSA) is 54.0 Å². The van der Waals surface area contributed by atoms with Crippen molar-refractivity contribution in [3.63, 3.8) is 0 Å². The maximum atomic E-state index is 13.0. The number of amides is 2. The molecule has 6 nitrogen and oxygen atoms in total. The molecule has 0 radical (unpaired) electrons. The lowest BCUT2D eigenvalue weighted by atomic mass is 9.95. The third-order valence-electron chi connectivity index (χ3n) is 6.70. The van der Waals surface area contributed by atoms with Crippen molar-refractivity contribution < 1.29 is 14.3 Å². The first kappa shape index (κ1) is 19.7. The summed E-state index contributed by atoms with van der Waals surface area (Å²) in [6.45, 7) is 6.18. The van der Waals surface area contributed by atoms with E-state index in [0.29, 0.717) is 18.0 Å². The average molecular weight is 388 g/mol. The zero-order chi connectivity index (χ0) is 19.5. The molecule has 28 heavy (non-hydrogen) atoms. The zero-order valence-corrected chi connectivity index (χ0v) is 17.0. The van der Waals surface area contributed by atoms with Crippen molar-refractivity contribution >= 4 is 6.03 Å². The second kappa shape index (κ2) is 8.80. The fourth-order valence-electron chi connectivity index (χ4n) is 5.34. The highest BCUT2D eigenvalue weighted by atomic mass is 16.5. The molecular formula is C22H33N3O3. The SMILES string of the molecule is COC[C@H]1C[C@@H]2CN(C(=O)NC3CCOCC3)C(C)[C@H]1N2Cc1ccccc1. The predicted molar refractivity (Wildman–Crippen MR) is 108 cm³/mol. The van der Waals surface area contributed by atoms with E-state index in [1.54, 1.807) is 7.11 Å². The van der Waals surface area contributed by atoms with Crippen LogP contribution in [0.3, 0.4) is 0 Å². The number of hydrogen-bond donors (Lipinski definition) is 1. The number of methoxy groups -OCH3 is 1.